The van der Waals surface area contributed by atoms with Crippen LogP contribution in [0.3, 0.4) is 0 Å². The van der Waals surface area contributed by atoms with Crippen LogP contribution in [-0.2, 0) is 0 Å². The van der Waals surface area contributed by atoms with Crippen molar-refractivity contribution in [3.05, 3.63) is 205 Å². The minimum atomic E-state index is -0.580. The van der Waals surface area contributed by atoms with E-state index in [1.54, 1.807) is 0 Å². The Morgan fingerprint density at radius 2 is 0.873 bits per heavy atom. The number of halogens is 2. The minimum absolute atomic E-state index is 0.00857. The quantitative estimate of drug-likeness (QED) is 0.165. The van der Waals surface area contributed by atoms with Crippen molar-refractivity contribution in [2.24, 2.45) is 0 Å². The van der Waals surface area contributed by atoms with Crippen LogP contribution in [0.15, 0.2) is 182 Å². The van der Waals surface area contributed by atoms with E-state index in [2.05, 4.69) is 127 Å². The number of ether oxygens (including phenoxy) is 1. The Kier molecular flexibility index (Phi) is 7.12. The van der Waals surface area contributed by atoms with Crippen molar-refractivity contribution in [1.82, 2.24) is 0 Å². The first-order chi connectivity index (χ1) is 27.2. The number of rotatable bonds is 4. The average molecular weight is 711 g/mol. The molecule has 260 valence electrons. The molecular weight excluding hydrogens is 679 g/mol. The molecule has 0 N–H and O–H groups in total. The summed E-state index contributed by atoms with van der Waals surface area (Å²) in [6.07, 6.45) is 6.24. The van der Waals surface area contributed by atoms with Crippen LogP contribution in [0.2, 0.25) is 0 Å². The Balaban J connectivity index is 1.08. The summed E-state index contributed by atoms with van der Waals surface area (Å²) in [4.78, 5) is 0. The van der Waals surface area contributed by atoms with Gasteiger partial charge >= 0.3 is 0 Å². The average Bonchev–Trinajstić information content (AvgIpc) is 3.61. The molecule has 1 aliphatic heterocycles. The summed E-state index contributed by atoms with van der Waals surface area (Å²) in [7, 11) is 0. The third-order valence-corrected chi connectivity index (χ3v) is 11.6. The summed E-state index contributed by atoms with van der Waals surface area (Å²) in [6, 6.07) is 54.8. The molecule has 0 saturated carbocycles. The molecule has 0 bridgehead atoms. The molecule has 0 spiro atoms. The van der Waals surface area contributed by atoms with E-state index in [0.29, 0.717) is 5.56 Å². The smallest absolute Gasteiger partial charge is 0.135 e. The van der Waals surface area contributed by atoms with Crippen molar-refractivity contribution in [1.29, 1.82) is 0 Å². The lowest BCUT2D eigenvalue weighted by atomic mass is 9.79. The Hall–Kier alpha value is -6.84. The van der Waals surface area contributed by atoms with Gasteiger partial charge in [0.1, 0.15) is 23.5 Å². The monoisotopic (exact) mass is 710 g/mol. The Bertz CT molecular complexity index is 2970. The highest BCUT2D eigenvalue weighted by Crippen LogP contribution is 2.52. The minimum Gasteiger partial charge on any atom is -0.484 e. The summed E-state index contributed by atoms with van der Waals surface area (Å²) in [5.41, 5.74) is 8.56. The van der Waals surface area contributed by atoms with Crippen LogP contribution in [-0.4, -0.2) is 6.10 Å². The van der Waals surface area contributed by atoms with Crippen LogP contribution in [0.5, 0.6) is 5.75 Å². The largest absolute Gasteiger partial charge is 0.484 e. The second kappa shape index (κ2) is 12.4. The van der Waals surface area contributed by atoms with Gasteiger partial charge in [-0.05, 0) is 95.2 Å². The first-order valence-electron chi connectivity index (χ1n) is 18.7. The van der Waals surface area contributed by atoms with Crippen molar-refractivity contribution in [3.8, 4) is 39.1 Å². The normalized spacial score (nSPS) is 16.0. The van der Waals surface area contributed by atoms with Crippen molar-refractivity contribution in [2.75, 3.05) is 0 Å². The molecule has 9 aromatic carbocycles. The van der Waals surface area contributed by atoms with Crippen LogP contribution < -0.4 is 4.74 Å². The number of allylic oxidation sites excluding steroid dienone is 2. The van der Waals surface area contributed by atoms with Gasteiger partial charge in [-0.3, -0.25) is 0 Å². The summed E-state index contributed by atoms with van der Waals surface area (Å²) < 4.78 is 38.0. The molecule has 55 heavy (non-hydrogen) atoms. The molecule has 2 atom stereocenters. The zero-order chi connectivity index (χ0) is 36.6. The number of fused-ring (bicyclic) bond motifs is 7. The fraction of sp³-hybridized carbons (Fsp3) is 0.0385. The van der Waals surface area contributed by atoms with Crippen molar-refractivity contribution >= 4 is 48.7 Å². The molecule has 0 radical (unpaired) electrons. The van der Waals surface area contributed by atoms with Crippen molar-refractivity contribution < 1.29 is 13.5 Å². The lowest BCUT2D eigenvalue weighted by Gasteiger charge is -2.26. The Morgan fingerprint density at radius 1 is 0.400 bits per heavy atom. The standard InChI is InChI=1S/C52H32F2O/c53-44-26-13-27-45(54)51(44)50-39-22-10-8-20-37(39)49(38-21-9-11-23-40(38)50)42-25-12-24-41-43-30-32(28-29-46(43)55-52(41)42)48-35-18-6-4-16-33(35)47(31-14-2-1-3-15-31)34-17-5-7-19-36(34)48/h1-30,41,52H. The third-order valence-electron chi connectivity index (χ3n) is 11.6. The molecule has 0 amide bonds. The SMILES string of the molecule is Fc1cccc(F)c1-c1c2ccccc2c(C2=CC=CC3c4cc(-c5c6ccccc6c(-c6ccccc6)c6ccccc56)ccc4OC23)c2ccccc12. The molecule has 0 saturated heterocycles. The fourth-order valence-electron chi connectivity index (χ4n) is 9.31. The molecular formula is C52H32F2O. The van der Waals surface area contributed by atoms with E-state index in [1.165, 1.54) is 56.4 Å². The zero-order valence-corrected chi connectivity index (χ0v) is 29.6. The van der Waals surface area contributed by atoms with Gasteiger partial charge in [-0.15, -0.1) is 0 Å². The van der Waals surface area contributed by atoms with Crippen LogP contribution in [0, 0.1) is 11.6 Å². The topological polar surface area (TPSA) is 9.23 Å². The molecule has 1 aliphatic carbocycles. The van der Waals surface area contributed by atoms with Crippen molar-refractivity contribution in [3.63, 3.8) is 0 Å². The van der Waals surface area contributed by atoms with Gasteiger partial charge in [0.25, 0.3) is 0 Å². The van der Waals surface area contributed by atoms with E-state index in [9.17, 15) is 0 Å². The highest BCUT2D eigenvalue weighted by atomic mass is 19.1. The highest BCUT2D eigenvalue weighted by Gasteiger charge is 2.39. The second-order valence-electron chi connectivity index (χ2n) is 14.5. The first kappa shape index (κ1) is 31.7. The Morgan fingerprint density at radius 3 is 1.42 bits per heavy atom. The van der Waals surface area contributed by atoms with Gasteiger partial charge in [0, 0.05) is 22.6 Å². The van der Waals surface area contributed by atoms with Gasteiger partial charge in [0.15, 0.2) is 0 Å². The molecule has 0 aromatic heterocycles. The van der Waals surface area contributed by atoms with Crippen molar-refractivity contribution in [2.45, 2.75) is 12.0 Å². The van der Waals surface area contributed by atoms with Gasteiger partial charge in [-0.2, -0.15) is 0 Å². The van der Waals surface area contributed by atoms with E-state index in [0.717, 1.165) is 49.6 Å². The van der Waals surface area contributed by atoms with E-state index in [-0.39, 0.29) is 17.6 Å². The maximum Gasteiger partial charge on any atom is 0.135 e. The first-order valence-corrected chi connectivity index (χ1v) is 18.7. The molecule has 1 heterocycles. The fourth-order valence-corrected chi connectivity index (χ4v) is 9.31. The lowest BCUT2D eigenvalue weighted by Crippen LogP contribution is -2.21. The van der Waals surface area contributed by atoms with Gasteiger partial charge in [-0.25, -0.2) is 8.78 Å². The van der Waals surface area contributed by atoms with Crippen LogP contribution >= 0.6 is 0 Å². The summed E-state index contributed by atoms with van der Waals surface area (Å²) >= 11 is 0. The van der Waals surface area contributed by atoms with Crippen LogP contribution in [0.1, 0.15) is 17.0 Å². The maximum absolute atomic E-state index is 15.5. The number of hydrogen-bond donors (Lipinski definition) is 0. The summed E-state index contributed by atoms with van der Waals surface area (Å²) in [5, 5.41) is 8.30. The molecule has 11 rings (SSSR count). The van der Waals surface area contributed by atoms with E-state index >= 15 is 8.78 Å². The van der Waals surface area contributed by atoms with Gasteiger partial charge in [0.2, 0.25) is 0 Å². The second-order valence-corrected chi connectivity index (χ2v) is 14.5. The third kappa shape index (κ3) is 4.76. The predicted molar refractivity (Wildman–Crippen MR) is 223 cm³/mol. The zero-order valence-electron chi connectivity index (χ0n) is 29.6. The number of hydrogen-bond acceptors (Lipinski definition) is 1. The molecule has 2 aliphatic rings. The van der Waals surface area contributed by atoms with E-state index in [1.807, 2.05) is 36.4 Å². The molecule has 1 nitrogen and oxygen atoms in total. The Labute approximate surface area is 317 Å². The van der Waals surface area contributed by atoms with Crippen LogP contribution in [0.25, 0.3) is 82.0 Å². The number of benzene rings is 9. The van der Waals surface area contributed by atoms with E-state index < -0.39 is 11.6 Å². The van der Waals surface area contributed by atoms with Crippen LogP contribution in [0.4, 0.5) is 8.78 Å². The van der Waals surface area contributed by atoms with E-state index in [4.69, 9.17) is 4.74 Å². The molecule has 9 aromatic rings. The highest BCUT2D eigenvalue weighted by molar-refractivity contribution is 6.22. The van der Waals surface area contributed by atoms with Gasteiger partial charge in [-0.1, -0.05) is 158 Å². The van der Waals surface area contributed by atoms with Gasteiger partial charge < -0.3 is 4.74 Å². The lowest BCUT2D eigenvalue weighted by molar-refractivity contribution is 0.278. The summed E-state index contributed by atoms with van der Waals surface area (Å²) in [5.74, 6) is -0.325. The maximum atomic E-state index is 15.5. The molecule has 0 fully saturated rings. The van der Waals surface area contributed by atoms with Gasteiger partial charge in [0.05, 0.1) is 5.56 Å². The molecule has 2 unspecified atom stereocenters. The predicted octanol–water partition coefficient (Wildman–Crippen LogP) is 14.1. The summed E-state index contributed by atoms with van der Waals surface area (Å²) in [6.45, 7) is 0. The molecule has 3 heteroatoms.